The van der Waals surface area contributed by atoms with Gasteiger partial charge in [-0.1, -0.05) is 6.07 Å². The van der Waals surface area contributed by atoms with Crippen LogP contribution in [0.15, 0.2) is 47.6 Å². The molecule has 0 atom stereocenters. The summed E-state index contributed by atoms with van der Waals surface area (Å²) >= 11 is 1.21. The highest BCUT2D eigenvalue weighted by molar-refractivity contribution is 7.99. The summed E-state index contributed by atoms with van der Waals surface area (Å²) in [5.74, 6) is 1.44. The number of amides is 1. The van der Waals surface area contributed by atoms with Crippen molar-refractivity contribution < 1.29 is 19.0 Å². The number of hydrogen-bond acceptors (Lipinski definition) is 5. The van der Waals surface area contributed by atoms with Crippen LogP contribution in [-0.4, -0.2) is 32.4 Å². The van der Waals surface area contributed by atoms with E-state index in [1.54, 1.807) is 32.4 Å². The van der Waals surface area contributed by atoms with Crippen LogP contribution in [-0.2, 0) is 11.2 Å². The average molecular weight is 348 g/mol. The number of hydrogen-bond donors (Lipinski definition) is 1. The van der Waals surface area contributed by atoms with Gasteiger partial charge >= 0.3 is 0 Å². The maximum atomic E-state index is 11.9. The standard InChI is InChI=1S/C17H20N2O4S/c1-22-14-7-6-13(11-15(14)23-2)8-9-18-16(20)12-24-17-5-3-4-10-19(17)21/h3-7,10-11H,8-9,12H2,1-2H3,(H,18,20). The van der Waals surface area contributed by atoms with Crippen molar-refractivity contribution in [2.24, 2.45) is 0 Å². The quantitative estimate of drug-likeness (QED) is 0.447. The van der Waals surface area contributed by atoms with Crippen LogP contribution in [0, 0.1) is 5.21 Å². The molecule has 24 heavy (non-hydrogen) atoms. The largest absolute Gasteiger partial charge is 0.618 e. The molecule has 1 N–H and O–H groups in total. The fourth-order valence-electron chi connectivity index (χ4n) is 2.10. The van der Waals surface area contributed by atoms with Gasteiger partial charge in [0.25, 0.3) is 5.03 Å². The summed E-state index contributed by atoms with van der Waals surface area (Å²) in [4.78, 5) is 11.9. The van der Waals surface area contributed by atoms with Crippen LogP contribution in [0.3, 0.4) is 0 Å². The summed E-state index contributed by atoms with van der Waals surface area (Å²) in [6.45, 7) is 0.515. The number of aromatic nitrogens is 1. The molecule has 0 aliphatic rings. The van der Waals surface area contributed by atoms with Gasteiger partial charge in [0.2, 0.25) is 5.91 Å². The molecule has 7 heteroatoms. The number of ether oxygens (including phenoxy) is 2. The average Bonchev–Trinajstić information content (AvgIpc) is 2.61. The molecule has 0 unspecified atom stereocenters. The van der Waals surface area contributed by atoms with Crippen LogP contribution in [0.4, 0.5) is 0 Å². The Bertz CT molecular complexity index is 694. The number of carbonyl (C=O) groups is 1. The number of methoxy groups -OCH3 is 2. The molecule has 0 saturated heterocycles. The Morgan fingerprint density at radius 3 is 2.71 bits per heavy atom. The third kappa shape index (κ3) is 5.06. The zero-order chi connectivity index (χ0) is 17.4. The van der Waals surface area contributed by atoms with Gasteiger partial charge in [0, 0.05) is 18.7 Å². The fraction of sp³-hybridized carbons (Fsp3) is 0.294. The summed E-state index contributed by atoms with van der Waals surface area (Å²) in [6, 6.07) is 10.8. The zero-order valence-electron chi connectivity index (χ0n) is 13.7. The van der Waals surface area contributed by atoms with Crippen molar-refractivity contribution in [2.75, 3.05) is 26.5 Å². The highest BCUT2D eigenvalue weighted by Crippen LogP contribution is 2.27. The lowest BCUT2D eigenvalue weighted by Crippen LogP contribution is -2.30. The molecule has 6 nitrogen and oxygen atoms in total. The first-order chi connectivity index (χ1) is 11.6. The number of thioether (sulfide) groups is 1. The van der Waals surface area contributed by atoms with Crippen LogP contribution in [0.25, 0.3) is 0 Å². The Kier molecular flexibility index (Phi) is 6.74. The first kappa shape index (κ1) is 17.9. The minimum atomic E-state index is -0.107. The predicted molar refractivity (Wildman–Crippen MR) is 92.4 cm³/mol. The van der Waals surface area contributed by atoms with Crippen molar-refractivity contribution in [3.63, 3.8) is 0 Å². The lowest BCUT2D eigenvalue weighted by Gasteiger charge is -2.10. The summed E-state index contributed by atoms with van der Waals surface area (Å²) < 4.78 is 11.2. The number of pyridine rings is 1. The van der Waals surface area contributed by atoms with Crippen molar-refractivity contribution in [2.45, 2.75) is 11.4 Å². The SMILES string of the molecule is COc1ccc(CCNC(=O)CSc2cccc[n+]2[O-])cc1OC. The molecule has 128 valence electrons. The number of nitrogens with one attached hydrogen (secondary N) is 1. The molecule has 0 aliphatic heterocycles. The highest BCUT2D eigenvalue weighted by Gasteiger charge is 2.09. The summed E-state index contributed by atoms with van der Waals surface area (Å²) in [6.07, 6.45) is 2.10. The molecule has 2 aromatic rings. The van der Waals surface area contributed by atoms with E-state index in [1.165, 1.54) is 18.0 Å². The van der Waals surface area contributed by atoms with Crippen LogP contribution < -0.4 is 19.5 Å². The van der Waals surface area contributed by atoms with Gasteiger partial charge in [0.15, 0.2) is 17.7 Å². The third-order valence-electron chi connectivity index (χ3n) is 3.32. The van der Waals surface area contributed by atoms with Gasteiger partial charge in [-0.05, 0) is 41.9 Å². The second-order valence-electron chi connectivity index (χ2n) is 4.94. The smallest absolute Gasteiger partial charge is 0.251 e. The minimum absolute atomic E-state index is 0.107. The van der Waals surface area contributed by atoms with E-state index in [0.29, 0.717) is 29.5 Å². The highest BCUT2D eigenvalue weighted by atomic mass is 32.2. The van der Waals surface area contributed by atoms with Crippen LogP contribution in [0.2, 0.25) is 0 Å². The second kappa shape index (κ2) is 9.02. The molecular weight excluding hydrogens is 328 g/mol. The van der Waals surface area contributed by atoms with E-state index >= 15 is 0 Å². The Hall–Kier alpha value is -2.41. The second-order valence-corrected chi connectivity index (χ2v) is 5.94. The van der Waals surface area contributed by atoms with Crippen molar-refractivity contribution >= 4 is 17.7 Å². The van der Waals surface area contributed by atoms with E-state index in [1.807, 2.05) is 18.2 Å². The van der Waals surface area contributed by atoms with E-state index in [-0.39, 0.29) is 11.7 Å². The molecule has 0 aliphatic carbocycles. The Morgan fingerprint density at radius 1 is 1.21 bits per heavy atom. The van der Waals surface area contributed by atoms with E-state index in [2.05, 4.69) is 5.32 Å². The maximum Gasteiger partial charge on any atom is 0.251 e. The molecule has 1 aromatic heterocycles. The Balaban J connectivity index is 1.77. The van der Waals surface area contributed by atoms with Crippen molar-refractivity contribution in [3.8, 4) is 11.5 Å². The van der Waals surface area contributed by atoms with Crippen LogP contribution >= 0.6 is 11.8 Å². The zero-order valence-corrected chi connectivity index (χ0v) is 14.5. The van der Waals surface area contributed by atoms with E-state index in [9.17, 15) is 10.0 Å². The molecule has 0 spiro atoms. The molecule has 0 fully saturated rings. The van der Waals surface area contributed by atoms with Crippen molar-refractivity contribution in [3.05, 3.63) is 53.4 Å². The maximum absolute atomic E-state index is 11.9. The lowest BCUT2D eigenvalue weighted by molar-refractivity contribution is -0.645. The summed E-state index contributed by atoms with van der Waals surface area (Å²) in [5.41, 5.74) is 1.04. The Morgan fingerprint density at radius 2 is 2.00 bits per heavy atom. The molecule has 0 bridgehead atoms. The number of carbonyl (C=O) groups excluding carboxylic acids is 1. The van der Waals surface area contributed by atoms with Crippen molar-refractivity contribution in [1.29, 1.82) is 0 Å². The summed E-state index contributed by atoms with van der Waals surface area (Å²) in [7, 11) is 3.18. The number of nitrogens with zero attached hydrogens (tertiary/aromatic N) is 1. The first-order valence-corrected chi connectivity index (χ1v) is 8.41. The normalized spacial score (nSPS) is 10.2. The van der Waals surface area contributed by atoms with Gasteiger partial charge in [-0.2, -0.15) is 4.73 Å². The van der Waals surface area contributed by atoms with Crippen LogP contribution in [0.1, 0.15) is 5.56 Å². The van der Waals surface area contributed by atoms with Gasteiger partial charge < -0.3 is 20.0 Å². The van der Waals surface area contributed by atoms with Gasteiger partial charge in [-0.15, -0.1) is 0 Å². The van der Waals surface area contributed by atoms with Gasteiger partial charge in [-0.3, -0.25) is 4.79 Å². The molecule has 1 aromatic carbocycles. The molecule has 2 rings (SSSR count). The van der Waals surface area contributed by atoms with E-state index < -0.39 is 0 Å². The van der Waals surface area contributed by atoms with Crippen LogP contribution in [0.5, 0.6) is 11.5 Å². The molecule has 0 saturated carbocycles. The molecule has 0 radical (unpaired) electrons. The lowest BCUT2D eigenvalue weighted by atomic mass is 10.1. The number of rotatable bonds is 8. The van der Waals surface area contributed by atoms with E-state index in [4.69, 9.17) is 9.47 Å². The third-order valence-corrected chi connectivity index (χ3v) is 4.34. The van der Waals surface area contributed by atoms with Gasteiger partial charge in [-0.25, -0.2) is 0 Å². The topological polar surface area (TPSA) is 74.5 Å². The monoisotopic (exact) mass is 348 g/mol. The molecule has 1 amide bonds. The predicted octanol–water partition coefficient (Wildman–Crippen LogP) is 1.79. The summed E-state index contributed by atoms with van der Waals surface area (Å²) in [5, 5.41) is 14.8. The fourth-order valence-corrected chi connectivity index (χ4v) is 2.84. The van der Waals surface area contributed by atoms with Gasteiger partial charge in [0.1, 0.15) is 0 Å². The molecular formula is C17H20N2O4S. The molecule has 1 heterocycles. The van der Waals surface area contributed by atoms with Crippen molar-refractivity contribution in [1.82, 2.24) is 5.32 Å². The first-order valence-electron chi connectivity index (χ1n) is 7.42. The number of benzene rings is 1. The van der Waals surface area contributed by atoms with E-state index in [0.717, 1.165) is 10.3 Å². The Labute approximate surface area is 145 Å². The minimum Gasteiger partial charge on any atom is -0.618 e. The van der Waals surface area contributed by atoms with Gasteiger partial charge in [0.05, 0.1) is 20.0 Å².